The maximum Gasteiger partial charge on any atom is 0.306 e. The van der Waals surface area contributed by atoms with E-state index < -0.39 is 5.72 Å². The average molecular weight is 430 g/mol. The van der Waals surface area contributed by atoms with Crippen LogP contribution in [0.2, 0.25) is 5.02 Å². The molecule has 0 saturated heterocycles. The zero-order valence-electron chi connectivity index (χ0n) is 16.9. The fourth-order valence-corrected chi connectivity index (χ4v) is 4.90. The van der Waals surface area contributed by atoms with Crippen molar-refractivity contribution < 1.29 is 9.53 Å². The third kappa shape index (κ3) is 2.56. The highest BCUT2D eigenvalue weighted by Gasteiger charge is 2.60. The maximum atomic E-state index is 13.5. The Bertz CT molecular complexity index is 1250. The number of amides is 1. The third-order valence-corrected chi connectivity index (χ3v) is 6.61. The molecule has 0 radical (unpaired) electrons. The fourth-order valence-electron chi connectivity index (χ4n) is 4.77. The van der Waals surface area contributed by atoms with Gasteiger partial charge in [0.2, 0.25) is 0 Å². The van der Waals surface area contributed by atoms with Crippen molar-refractivity contribution in [2.24, 2.45) is 5.10 Å². The Morgan fingerprint density at radius 2 is 1.97 bits per heavy atom. The van der Waals surface area contributed by atoms with E-state index in [4.69, 9.17) is 21.4 Å². The highest BCUT2D eigenvalue weighted by Crippen LogP contribution is 2.54. The quantitative estimate of drug-likeness (QED) is 0.605. The molecule has 6 heteroatoms. The van der Waals surface area contributed by atoms with E-state index in [2.05, 4.69) is 24.4 Å². The Kier molecular flexibility index (Phi) is 3.93. The van der Waals surface area contributed by atoms with Gasteiger partial charge in [-0.25, -0.2) is 5.01 Å². The minimum absolute atomic E-state index is 0.0994. The lowest BCUT2D eigenvalue weighted by atomic mass is 9.91. The van der Waals surface area contributed by atoms with Crippen LogP contribution in [0.1, 0.15) is 41.6 Å². The number of anilines is 1. The van der Waals surface area contributed by atoms with Gasteiger partial charge < -0.3 is 10.1 Å². The lowest BCUT2D eigenvalue weighted by Gasteiger charge is -2.44. The van der Waals surface area contributed by atoms with Gasteiger partial charge in [-0.1, -0.05) is 54.9 Å². The summed E-state index contributed by atoms with van der Waals surface area (Å²) >= 11 is 6.09. The number of aryl methyl sites for hydroxylation is 1. The molecule has 5 nitrogen and oxygen atoms in total. The minimum atomic E-state index is -1.33. The molecule has 154 valence electrons. The molecule has 6 rings (SSSR count). The van der Waals surface area contributed by atoms with Crippen molar-refractivity contribution in [2.75, 3.05) is 5.32 Å². The summed E-state index contributed by atoms with van der Waals surface area (Å²) in [6.07, 6.45) is 1.55. The standard InChI is InChI=1S/C25H20ClN3O2/c1-2-15-7-12-20-19(13-15)25(24(30)27-20)29-22(18-5-3-4-6-23(18)31-25)14-21(28-29)16-8-10-17(26)11-9-16/h3-13,22H,2,14H2,1H3,(H,27,30)/t22-,25+/m0/s1. The fraction of sp³-hybridized carbons (Fsp3) is 0.200. The molecule has 0 saturated carbocycles. The second-order valence-electron chi connectivity index (χ2n) is 8.09. The van der Waals surface area contributed by atoms with Gasteiger partial charge in [0.1, 0.15) is 5.75 Å². The first-order valence-electron chi connectivity index (χ1n) is 10.5. The number of halogens is 1. The van der Waals surface area contributed by atoms with Crippen LogP contribution in [0.5, 0.6) is 5.75 Å². The summed E-state index contributed by atoms with van der Waals surface area (Å²) in [4.78, 5) is 13.5. The highest BCUT2D eigenvalue weighted by molar-refractivity contribution is 6.30. The number of ether oxygens (including phenoxy) is 1. The largest absolute Gasteiger partial charge is 0.453 e. The van der Waals surface area contributed by atoms with Crippen LogP contribution in [0, 0.1) is 0 Å². The lowest BCUT2D eigenvalue weighted by molar-refractivity contribution is -0.161. The minimum Gasteiger partial charge on any atom is -0.453 e. The van der Waals surface area contributed by atoms with E-state index in [0.29, 0.717) is 11.4 Å². The Balaban J connectivity index is 1.56. The van der Waals surface area contributed by atoms with E-state index in [1.807, 2.05) is 59.6 Å². The number of nitrogens with one attached hydrogen (secondary N) is 1. The Labute approximate surface area is 185 Å². The number of rotatable bonds is 2. The summed E-state index contributed by atoms with van der Waals surface area (Å²) in [6, 6.07) is 21.5. The van der Waals surface area contributed by atoms with E-state index >= 15 is 0 Å². The molecule has 0 unspecified atom stereocenters. The molecular formula is C25H20ClN3O2. The molecule has 3 heterocycles. The smallest absolute Gasteiger partial charge is 0.306 e. The summed E-state index contributed by atoms with van der Waals surface area (Å²) in [5, 5.41) is 10.5. The molecule has 2 atom stereocenters. The van der Waals surface area contributed by atoms with Crippen LogP contribution < -0.4 is 10.1 Å². The van der Waals surface area contributed by atoms with E-state index in [9.17, 15) is 4.79 Å². The van der Waals surface area contributed by atoms with E-state index in [1.54, 1.807) is 0 Å². The molecule has 31 heavy (non-hydrogen) atoms. The van der Waals surface area contributed by atoms with Gasteiger partial charge in [0, 0.05) is 17.0 Å². The first-order valence-corrected chi connectivity index (χ1v) is 10.8. The molecule has 0 aromatic heterocycles. The normalized spacial score (nSPS) is 23.0. The summed E-state index contributed by atoms with van der Waals surface area (Å²) < 4.78 is 6.52. The number of hydrazone groups is 1. The van der Waals surface area contributed by atoms with E-state index in [-0.39, 0.29) is 11.9 Å². The SMILES string of the molecule is CCc1ccc2c(c1)[C@@]1(Oc3ccccc3[C@@H]3CC(c4ccc(Cl)cc4)=NN31)C(=O)N2. The number of para-hydroxylation sites is 1. The summed E-state index contributed by atoms with van der Waals surface area (Å²) in [6.45, 7) is 2.10. The van der Waals surface area contributed by atoms with E-state index in [0.717, 1.165) is 45.8 Å². The van der Waals surface area contributed by atoms with Crippen LogP contribution >= 0.6 is 11.6 Å². The number of carbonyl (C=O) groups excluding carboxylic acids is 1. The number of hydrogen-bond donors (Lipinski definition) is 1. The van der Waals surface area contributed by atoms with E-state index in [1.165, 1.54) is 0 Å². The first-order chi connectivity index (χ1) is 15.1. The molecule has 3 aliphatic heterocycles. The topological polar surface area (TPSA) is 53.9 Å². The zero-order valence-corrected chi connectivity index (χ0v) is 17.7. The van der Waals surface area contributed by atoms with Crippen LogP contribution in [-0.4, -0.2) is 16.6 Å². The van der Waals surface area contributed by atoms with Gasteiger partial charge in [0.25, 0.3) is 5.91 Å². The average Bonchev–Trinajstić information content (AvgIpc) is 3.35. The number of nitrogens with zero attached hydrogens (tertiary/aromatic N) is 2. The summed E-state index contributed by atoms with van der Waals surface area (Å²) in [5.41, 5.74) is 4.35. The second kappa shape index (κ2) is 6.59. The third-order valence-electron chi connectivity index (χ3n) is 6.36. The number of hydrogen-bond acceptors (Lipinski definition) is 4. The molecule has 3 aliphatic rings. The molecule has 3 aromatic rings. The van der Waals surface area contributed by atoms with Crippen molar-refractivity contribution in [3.8, 4) is 5.75 Å². The van der Waals surface area contributed by atoms with Crippen molar-refractivity contribution in [2.45, 2.75) is 31.5 Å². The Morgan fingerprint density at radius 3 is 2.77 bits per heavy atom. The molecule has 0 aliphatic carbocycles. The van der Waals surface area contributed by atoms with Gasteiger partial charge in [0.05, 0.1) is 23.0 Å². The second-order valence-corrected chi connectivity index (χ2v) is 8.53. The number of benzene rings is 3. The van der Waals surface area contributed by atoms with Crippen LogP contribution in [-0.2, 0) is 16.9 Å². The summed E-state index contributed by atoms with van der Waals surface area (Å²) in [5.74, 6) is 0.512. The first kappa shape index (κ1) is 18.5. The van der Waals surface area contributed by atoms with Crippen molar-refractivity contribution in [3.63, 3.8) is 0 Å². The molecule has 1 N–H and O–H groups in total. The van der Waals surface area contributed by atoms with Crippen molar-refractivity contribution >= 4 is 28.9 Å². The Morgan fingerprint density at radius 1 is 1.16 bits per heavy atom. The van der Waals surface area contributed by atoms with Gasteiger partial charge in [-0.2, -0.15) is 5.10 Å². The van der Waals surface area contributed by atoms with Gasteiger partial charge >= 0.3 is 5.72 Å². The van der Waals surface area contributed by atoms with Crippen LogP contribution in [0.4, 0.5) is 5.69 Å². The van der Waals surface area contributed by atoms with Gasteiger partial charge in [-0.05, 0) is 47.9 Å². The molecule has 1 amide bonds. The van der Waals surface area contributed by atoms with Crippen LogP contribution in [0.15, 0.2) is 71.8 Å². The van der Waals surface area contributed by atoms with Crippen LogP contribution in [0.25, 0.3) is 0 Å². The Hall–Kier alpha value is -3.31. The molecule has 3 aromatic carbocycles. The lowest BCUT2D eigenvalue weighted by Crippen LogP contribution is -2.55. The maximum absolute atomic E-state index is 13.5. The van der Waals surface area contributed by atoms with Gasteiger partial charge in [-0.15, -0.1) is 0 Å². The number of fused-ring (bicyclic) bond motifs is 6. The predicted octanol–water partition coefficient (Wildman–Crippen LogP) is 5.25. The number of carbonyl (C=O) groups is 1. The molecular weight excluding hydrogens is 410 g/mol. The molecule has 0 fully saturated rings. The van der Waals surface area contributed by atoms with Crippen LogP contribution in [0.3, 0.4) is 0 Å². The van der Waals surface area contributed by atoms with Gasteiger partial charge in [0.15, 0.2) is 0 Å². The summed E-state index contributed by atoms with van der Waals surface area (Å²) in [7, 11) is 0. The van der Waals surface area contributed by atoms with Crippen molar-refractivity contribution in [1.29, 1.82) is 0 Å². The molecule has 0 bridgehead atoms. The van der Waals surface area contributed by atoms with Crippen molar-refractivity contribution in [3.05, 3.63) is 94.0 Å². The predicted molar refractivity (Wildman–Crippen MR) is 120 cm³/mol. The van der Waals surface area contributed by atoms with Crippen molar-refractivity contribution in [1.82, 2.24) is 5.01 Å². The van der Waals surface area contributed by atoms with Gasteiger partial charge in [-0.3, -0.25) is 4.79 Å². The highest BCUT2D eigenvalue weighted by atomic mass is 35.5. The monoisotopic (exact) mass is 429 g/mol. The molecule has 1 spiro atoms. The zero-order chi connectivity index (χ0) is 21.2.